The maximum atomic E-state index is 12.8. The average Bonchev–Trinajstić information content (AvgIpc) is 3.17. The molecular weight excluding hydrogens is 287 g/mol. The van der Waals surface area contributed by atoms with Gasteiger partial charge in [-0.25, -0.2) is 4.39 Å². The minimum absolute atomic E-state index is 0.247. The summed E-state index contributed by atoms with van der Waals surface area (Å²) in [5.41, 5.74) is -0.558. The summed E-state index contributed by atoms with van der Waals surface area (Å²) in [6.07, 6.45) is 2.53. The van der Waals surface area contributed by atoms with E-state index < -0.39 is 5.41 Å². The summed E-state index contributed by atoms with van der Waals surface area (Å²) in [5.74, 6) is -0.432. The molecule has 0 aliphatic heterocycles. The highest BCUT2D eigenvalue weighted by Crippen LogP contribution is 2.46. The molecular formula is C16H15FN2O3. The third-order valence-corrected chi connectivity index (χ3v) is 3.72. The smallest absolute Gasteiger partial charge is 0.240 e. The van der Waals surface area contributed by atoms with Gasteiger partial charge >= 0.3 is 0 Å². The number of benzene rings is 1. The van der Waals surface area contributed by atoms with Crippen LogP contribution in [-0.4, -0.2) is 11.8 Å². The summed E-state index contributed by atoms with van der Waals surface area (Å²) >= 11 is 0. The van der Waals surface area contributed by atoms with Crippen LogP contribution < -0.4 is 10.6 Å². The van der Waals surface area contributed by atoms with Gasteiger partial charge in [-0.15, -0.1) is 0 Å². The van der Waals surface area contributed by atoms with Crippen LogP contribution in [0.15, 0.2) is 47.1 Å². The summed E-state index contributed by atoms with van der Waals surface area (Å²) < 4.78 is 18.0. The molecule has 0 saturated heterocycles. The summed E-state index contributed by atoms with van der Waals surface area (Å²) in [4.78, 5) is 24.5. The van der Waals surface area contributed by atoms with Gasteiger partial charge in [-0.1, -0.05) is 0 Å². The van der Waals surface area contributed by atoms with Crippen LogP contribution in [0.5, 0.6) is 0 Å². The molecule has 3 rings (SSSR count). The fourth-order valence-corrected chi connectivity index (χ4v) is 2.22. The summed E-state index contributed by atoms with van der Waals surface area (Å²) in [7, 11) is 0. The highest BCUT2D eigenvalue weighted by molar-refractivity contribution is 6.13. The quantitative estimate of drug-likeness (QED) is 0.833. The van der Waals surface area contributed by atoms with E-state index in [0.717, 1.165) is 0 Å². The monoisotopic (exact) mass is 302 g/mol. The Morgan fingerprint density at radius 1 is 1.14 bits per heavy atom. The number of carbonyl (C=O) groups is 2. The fraction of sp³-hybridized carbons (Fsp3) is 0.250. The molecule has 0 radical (unpaired) electrons. The molecule has 0 spiro atoms. The Morgan fingerprint density at radius 3 is 2.45 bits per heavy atom. The number of rotatable bonds is 5. The molecule has 1 aromatic heterocycles. The van der Waals surface area contributed by atoms with Crippen molar-refractivity contribution in [1.82, 2.24) is 5.32 Å². The molecule has 6 heteroatoms. The van der Waals surface area contributed by atoms with Gasteiger partial charge in [0, 0.05) is 5.69 Å². The topological polar surface area (TPSA) is 71.3 Å². The molecule has 1 fully saturated rings. The molecule has 2 aromatic rings. The van der Waals surface area contributed by atoms with E-state index in [9.17, 15) is 14.0 Å². The molecule has 1 aliphatic rings. The molecule has 0 bridgehead atoms. The zero-order valence-electron chi connectivity index (χ0n) is 11.8. The van der Waals surface area contributed by atoms with Gasteiger partial charge in [0.25, 0.3) is 0 Å². The van der Waals surface area contributed by atoms with Crippen molar-refractivity contribution in [3.63, 3.8) is 0 Å². The normalized spacial score (nSPS) is 15.1. The van der Waals surface area contributed by atoms with Crippen LogP contribution >= 0.6 is 0 Å². The molecule has 1 aromatic carbocycles. The van der Waals surface area contributed by atoms with Crippen molar-refractivity contribution in [2.45, 2.75) is 19.4 Å². The first kappa shape index (κ1) is 14.3. The molecule has 0 unspecified atom stereocenters. The molecule has 1 saturated carbocycles. The summed E-state index contributed by atoms with van der Waals surface area (Å²) in [6.45, 7) is 0.247. The van der Waals surface area contributed by atoms with E-state index in [-0.39, 0.29) is 24.2 Å². The number of nitrogens with one attached hydrogen (secondary N) is 2. The predicted molar refractivity (Wildman–Crippen MR) is 77.3 cm³/mol. The SMILES string of the molecule is O=C(NCc1ccco1)C1(C(=O)Nc2ccc(F)cc2)CC1. The number of amides is 2. The minimum Gasteiger partial charge on any atom is -0.467 e. The standard InChI is InChI=1S/C16H15FN2O3/c17-11-3-5-12(6-4-11)19-15(21)16(7-8-16)14(20)18-10-13-2-1-9-22-13/h1-6,9H,7-8,10H2,(H,18,20)(H,19,21). The van der Waals surface area contributed by atoms with Crippen LogP contribution in [0.4, 0.5) is 10.1 Å². The molecule has 22 heavy (non-hydrogen) atoms. The molecule has 1 aliphatic carbocycles. The maximum absolute atomic E-state index is 12.8. The van der Waals surface area contributed by atoms with Gasteiger partial charge in [-0.3, -0.25) is 9.59 Å². The number of halogens is 1. The Hall–Kier alpha value is -2.63. The van der Waals surface area contributed by atoms with Crippen LogP contribution in [-0.2, 0) is 16.1 Å². The Bertz CT molecular complexity index is 676. The van der Waals surface area contributed by atoms with Crippen molar-refractivity contribution in [2.75, 3.05) is 5.32 Å². The van der Waals surface area contributed by atoms with Crippen molar-refractivity contribution in [3.8, 4) is 0 Å². The van der Waals surface area contributed by atoms with E-state index >= 15 is 0 Å². The van der Waals surface area contributed by atoms with Gasteiger partial charge in [0.2, 0.25) is 11.8 Å². The van der Waals surface area contributed by atoms with Crippen molar-refractivity contribution < 1.29 is 18.4 Å². The first-order valence-corrected chi connectivity index (χ1v) is 6.98. The van der Waals surface area contributed by atoms with Crippen molar-refractivity contribution >= 4 is 17.5 Å². The first-order valence-electron chi connectivity index (χ1n) is 6.98. The zero-order chi connectivity index (χ0) is 15.6. The van der Waals surface area contributed by atoms with Crippen LogP contribution in [0.1, 0.15) is 18.6 Å². The number of carbonyl (C=O) groups excluding carboxylic acids is 2. The Morgan fingerprint density at radius 2 is 1.86 bits per heavy atom. The number of anilines is 1. The lowest BCUT2D eigenvalue weighted by atomic mass is 10.0. The Labute approximate surface area is 126 Å². The lowest BCUT2D eigenvalue weighted by Gasteiger charge is -2.15. The third-order valence-electron chi connectivity index (χ3n) is 3.72. The van der Waals surface area contributed by atoms with Gasteiger partial charge in [0.15, 0.2) is 0 Å². The average molecular weight is 302 g/mol. The van der Waals surface area contributed by atoms with Crippen LogP contribution in [0, 0.1) is 11.2 Å². The van der Waals surface area contributed by atoms with Crippen molar-refractivity contribution in [2.24, 2.45) is 5.41 Å². The lowest BCUT2D eigenvalue weighted by Crippen LogP contribution is -2.39. The van der Waals surface area contributed by atoms with E-state index in [4.69, 9.17) is 4.42 Å². The molecule has 5 nitrogen and oxygen atoms in total. The molecule has 2 amide bonds. The molecule has 2 N–H and O–H groups in total. The predicted octanol–water partition coefficient (Wildman–Crippen LogP) is 2.45. The van der Waals surface area contributed by atoms with Gasteiger partial charge < -0.3 is 15.1 Å². The highest BCUT2D eigenvalue weighted by Gasteiger charge is 2.56. The van der Waals surface area contributed by atoms with E-state index in [1.54, 1.807) is 12.1 Å². The number of hydrogen-bond acceptors (Lipinski definition) is 3. The van der Waals surface area contributed by atoms with E-state index in [1.807, 2.05) is 0 Å². The largest absolute Gasteiger partial charge is 0.467 e. The van der Waals surface area contributed by atoms with Crippen molar-refractivity contribution in [1.29, 1.82) is 0 Å². The Balaban J connectivity index is 1.61. The van der Waals surface area contributed by atoms with Gasteiger partial charge in [0.1, 0.15) is 17.0 Å². The van der Waals surface area contributed by atoms with E-state index in [1.165, 1.54) is 30.5 Å². The van der Waals surface area contributed by atoms with Crippen molar-refractivity contribution in [3.05, 3.63) is 54.2 Å². The second-order valence-electron chi connectivity index (χ2n) is 5.31. The summed E-state index contributed by atoms with van der Waals surface area (Å²) in [5, 5.41) is 5.37. The van der Waals surface area contributed by atoms with Gasteiger partial charge in [0.05, 0.1) is 12.8 Å². The molecule has 0 atom stereocenters. The second-order valence-corrected chi connectivity index (χ2v) is 5.31. The number of hydrogen-bond donors (Lipinski definition) is 2. The van der Waals surface area contributed by atoms with Gasteiger partial charge in [-0.2, -0.15) is 0 Å². The Kier molecular flexibility index (Phi) is 3.66. The number of furan rings is 1. The van der Waals surface area contributed by atoms with E-state index in [2.05, 4.69) is 10.6 Å². The minimum atomic E-state index is -1.03. The second kappa shape index (κ2) is 5.63. The molecule has 1 heterocycles. The third kappa shape index (κ3) is 2.86. The maximum Gasteiger partial charge on any atom is 0.240 e. The summed E-state index contributed by atoms with van der Waals surface area (Å²) in [6, 6.07) is 8.92. The lowest BCUT2D eigenvalue weighted by molar-refractivity contribution is -0.134. The van der Waals surface area contributed by atoms with Gasteiger partial charge in [-0.05, 0) is 49.2 Å². The fourth-order valence-electron chi connectivity index (χ4n) is 2.22. The van der Waals surface area contributed by atoms with Crippen LogP contribution in [0.2, 0.25) is 0 Å². The molecule has 114 valence electrons. The van der Waals surface area contributed by atoms with Crippen LogP contribution in [0.3, 0.4) is 0 Å². The first-order chi connectivity index (χ1) is 10.6. The van der Waals surface area contributed by atoms with Crippen LogP contribution in [0.25, 0.3) is 0 Å². The highest BCUT2D eigenvalue weighted by atomic mass is 19.1. The zero-order valence-corrected chi connectivity index (χ0v) is 11.8. The van der Waals surface area contributed by atoms with E-state index in [0.29, 0.717) is 24.3 Å².